The van der Waals surface area contributed by atoms with E-state index in [0.717, 1.165) is 18.3 Å². The Balaban J connectivity index is 2.22. The minimum Gasteiger partial charge on any atom is -0.478 e. The van der Waals surface area contributed by atoms with Crippen molar-refractivity contribution in [3.8, 4) is 0 Å². The van der Waals surface area contributed by atoms with Gasteiger partial charge in [-0.15, -0.1) is 0 Å². The van der Waals surface area contributed by atoms with Crippen molar-refractivity contribution >= 4 is 28.2 Å². The largest absolute Gasteiger partial charge is 0.478 e. The van der Waals surface area contributed by atoms with E-state index in [-0.39, 0.29) is 16.0 Å². The molecule has 2 aromatic carbocycles. The van der Waals surface area contributed by atoms with Gasteiger partial charge in [0.25, 0.3) is 10.0 Å². The van der Waals surface area contributed by atoms with Gasteiger partial charge < -0.3 is 10.2 Å². The van der Waals surface area contributed by atoms with Gasteiger partial charge in [0.15, 0.2) is 0 Å². The third-order valence-electron chi connectivity index (χ3n) is 2.90. The first-order valence-corrected chi connectivity index (χ1v) is 7.71. The normalized spacial score (nSPS) is 11.5. The highest BCUT2D eigenvalue weighted by Crippen LogP contribution is 2.14. The fourth-order valence-corrected chi connectivity index (χ4v) is 2.53. The van der Waals surface area contributed by atoms with Gasteiger partial charge in [-0.05, 0) is 42.0 Å². The van der Waals surface area contributed by atoms with Crippen molar-refractivity contribution in [1.29, 1.82) is 0 Å². The highest BCUT2D eigenvalue weighted by atomic mass is 32.2. The minimum absolute atomic E-state index is 0.0304. The summed E-state index contributed by atoms with van der Waals surface area (Å²) in [6.45, 7) is 0. The van der Waals surface area contributed by atoms with Crippen molar-refractivity contribution in [2.45, 2.75) is 4.90 Å². The molecule has 0 spiro atoms. The Labute approximate surface area is 131 Å². The van der Waals surface area contributed by atoms with Crippen LogP contribution in [0.2, 0.25) is 0 Å². The molecule has 7 nitrogen and oxygen atoms in total. The van der Waals surface area contributed by atoms with Crippen LogP contribution in [-0.4, -0.2) is 36.8 Å². The topological polar surface area (TPSA) is 121 Å². The summed E-state index contributed by atoms with van der Waals surface area (Å²) in [6, 6.07) is 10.2. The molecular weight excluding hydrogens is 322 g/mol. The average molecular weight is 333 g/mol. The molecule has 2 rings (SSSR count). The van der Waals surface area contributed by atoms with Crippen LogP contribution in [0.1, 0.15) is 26.3 Å². The van der Waals surface area contributed by atoms with Crippen molar-refractivity contribution in [1.82, 2.24) is 0 Å². The second-order valence-electron chi connectivity index (χ2n) is 4.47. The lowest BCUT2D eigenvalue weighted by atomic mass is 10.1. The van der Waals surface area contributed by atoms with Crippen molar-refractivity contribution in [2.75, 3.05) is 0 Å². The smallest absolute Gasteiger partial charge is 0.335 e. The Hall–Kier alpha value is -3.00. The second-order valence-corrected chi connectivity index (χ2v) is 6.10. The zero-order valence-corrected chi connectivity index (χ0v) is 12.4. The number of carboxylic acids is 2. The molecule has 0 saturated heterocycles. The summed E-state index contributed by atoms with van der Waals surface area (Å²) in [5.41, 5.74) is 0.465. The molecule has 0 aromatic heterocycles. The number of hydrogen-bond donors (Lipinski definition) is 2. The molecule has 0 aliphatic heterocycles. The van der Waals surface area contributed by atoms with Gasteiger partial charge in [0.05, 0.1) is 16.0 Å². The second kappa shape index (κ2) is 6.41. The first kappa shape index (κ1) is 16.4. The standard InChI is InChI=1S/C15H11NO6S/c17-14(18)11-3-1-10(2-4-11)9-16-23(21,22)13-7-5-12(6-8-13)15(19)20/h1-9H,(H,17,18)(H,19,20). The highest BCUT2D eigenvalue weighted by molar-refractivity contribution is 7.90. The fourth-order valence-electron chi connectivity index (χ4n) is 1.67. The molecule has 0 fully saturated rings. The van der Waals surface area contributed by atoms with Crippen LogP contribution in [0.4, 0.5) is 0 Å². The van der Waals surface area contributed by atoms with E-state index in [1.165, 1.54) is 36.4 Å². The number of nitrogens with zero attached hydrogens (tertiary/aromatic N) is 1. The Kier molecular flexibility index (Phi) is 4.56. The molecule has 0 unspecified atom stereocenters. The molecule has 0 radical (unpaired) electrons. The van der Waals surface area contributed by atoms with Crippen LogP contribution in [0.25, 0.3) is 0 Å². The molecule has 2 N–H and O–H groups in total. The maximum absolute atomic E-state index is 12.0. The molecule has 0 saturated carbocycles. The first-order valence-electron chi connectivity index (χ1n) is 6.27. The summed E-state index contributed by atoms with van der Waals surface area (Å²) in [5.74, 6) is -2.24. The lowest BCUT2D eigenvalue weighted by Crippen LogP contribution is -2.01. The van der Waals surface area contributed by atoms with Crippen LogP contribution in [0.5, 0.6) is 0 Å². The summed E-state index contributed by atoms with van der Waals surface area (Å²) in [6.07, 6.45) is 1.09. The average Bonchev–Trinajstić information content (AvgIpc) is 2.53. The Bertz CT molecular complexity index is 867. The zero-order chi connectivity index (χ0) is 17.0. The van der Waals surface area contributed by atoms with Gasteiger partial charge in [-0.2, -0.15) is 12.8 Å². The monoisotopic (exact) mass is 333 g/mol. The quantitative estimate of drug-likeness (QED) is 0.806. The van der Waals surface area contributed by atoms with E-state index < -0.39 is 22.0 Å². The molecular formula is C15H11NO6S. The van der Waals surface area contributed by atoms with Crippen molar-refractivity contribution in [3.05, 3.63) is 65.2 Å². The Morgan fingerprint density at radius 2 is 1.26 bits per heavy atom. The van der Waals surface area contributed by atoms with Gasteiger partial charge in [0, 0.05) is 6.21 Å². The van der Waals surface area contributed by atoms with Gasteiger partial charge in [-0.25, -0.2) is 9.59 Å². The van der Waals surface area contributed by atoms with E-state index >= 15 is 0 Å². The predicted molar refractivity (Wildman–Crippen MR) is 81.6 cm³/mol. The van der Waals surface area contributed by atoms with E-state index in [1.807, 2.05) is 0 Å². The van der Waals surface area contributed by atoms with E-state index in [1.54, 1.807) is 0 Å². The minimum atomic E-state index is -3.97. The van der Waals surface area contributed by atoms with Crippen molar-refractivity contribution in [3.63, 3.8) is 0 Å². The van der Waals surface area contributed by atoms with Gasteiger partial charge >= 0.3 is 11.9 Å². The Morgan fingerprint density at radius 1 is 0.826 bits per heavy atom. The summed E-state index contributed by atoms with van der Waals surface area (Å²) in [4.78, 5) is 21.3. The number of sulfonamides is 1. The van der Waals surface area contributed by atoms with E-state index in [4.69, 9.17) is 10.2 Å². The van der Waals surface area contributed by atoms with Crippen LogP contribution in [0.3, 0.4) is 0 Å². The molecule has 0 amide bonds. The SMILES string of the molecule is O=C(O)c1ccc(C=NS(=O)(=O)c2ccc(C(=O)O)cc2)cc1. The number of hydrogen-bond acceptors (Lipinski definition) is 4. The summed E-state index contributed by atoms with van der Waals surface area (Å²) < 4.78 is 27.5. The molecule has 0 aliphatic rings. The first-order chi connectivity index (χ1) is 10.8. The number of carboxylic acid groups (broad SMARTS) is 2. The van der Waals surface area contributed by atoms with Gasteiger partial charge in [0.1, 0.15) is 0 Å². The predicted octanol–water partition coefficient (Wildman–Crippen LogP) is 1.89. The molecule has 0 heterocycles. The van der Waals surface area contributed by atoms with Crippen LogP contribution in [-0.2, 0) is 10.0 Å². The van der Waals surface area contributed by atoms with E-state index in [0.29, 0.717) is 5.56 Å². The molecule has 118 valence electrons. The van der Waals surface area contributed by atoms with Gasteiger partial charge in [-0.3, -0.25) is 0 Å². The lowest BCUT2D eigenvalue weighted by Gasteiger charge is -2.00. The van der Waals surface area contributed by atoms with Crippen LogP contribution >= 0.6 is 0 Å². The third-order valence-corrected chi connectivity index (χ3v) is 4.15. The maximum Gasteiger partial charge on any atom is 0.335 e. The number of benzene rings is 2. The maximum atomic E-state index is 12.0. The molecule has 8 heteroatoms. The lowest BCUT2D eigenvalue weighted by molar-refractivity contribution is 0.0686. The number of carbonyl (C=O) groups is 2. The van der Waals surface area contributed by atoms with Crippen LogP contribution < -0.4 is 0 Å². The molecule has 0 bridgehead atoms. The third kappa shape index (κ3) is 4.01. The summed E-state index contributed by atoms with van der Waals surface area (Å²) in [7, 11) is -3.97. The van der Waals surface area contributed by atoms with Crippen molar-refractivity contribution in [2.24, 2.45) is 4.40 Å². The van der Waals surface area contributed by atoms with Crippen LogP contribution in [0.15, 0.2) is 57.8 Å². The Morgan fingerprint density at radius 3 is 1.70 bits per heavy atom. The number of rotatable bonds is 5. The zero-order valence-electron chi connectivity index (χ0n) is 11.6. The molecule has 0 atom stereocenters. The summed E-state index contributed by atoms with van der Waals surface area (Å²) >= 11 is 0. The summed E-state index contributed by atoms with van der Waals surface area (Å²) in [5, 5.41) is 17.5. The number of aromatic carboxylic acids is 2. The van der Waals surface area contributed by atoms with Crippen LogP contribution in [0, 0.1) is 0 Å². The van der Waals surface area contributed by atoms with Gasteiger partial charge in [0.2, 0.25) is 0 Å². The van der Waals surface area contributed by atoms with E-state index in [2.05, 4.69) is 4.40 Å². The van der Waals surface area contributed by atoms with E-state index in [9.17, 15) is 18.0 Å². The molecule has 0 aliphatic carbocycles. The molecule has 23 heavy (non-hydrogen) atoms. The highest BCUT2D eigenvalue weighted by Gasteiger charge is 2.13. The molecule has 2 aromatic rings. The van der Waals surface area contributed by atoms with Gasteiger partial charge in [-0.1, -0.05) is 12.1 Å². The fraction of sp³-hybridized carbons (Fsp3) is 0. The van der Waals surface area contributed by atoms with Crippen molar-refractivity contribution < 1.29 is 28.2 Å².